The second-order valence-corrected chi connectivity index (χ2v) is 5.50. The lowest BCUT2D eigenvalue weighted by molar-refractivity contribution is 0.394. The molecule has 19 heavy (non-hydrogen) atoms. The summed E-state index contributed by atoms with van der Waals surface area (Å²) in [6.45, 7) is 0. The molecule has 2 aromatic rings. The van der Waals surface area contributed by atoms with Gasteiger partial charge in [0.05, 0.1) is 38.5 Å². The molecule has 2 rings (SSSR count). The van der Waals surface area contributed by atoms with Crippen molar-refractivity contribution in [2.75, 3.05) is 12.4 Å². The minimum atomic E-state index is 0.334. The fourth-order valence-electron chi connectivity index (χ4n) is 1.29. The van der Waals surface area contributed by atoms with E-state index in [0.29, 0.717) is 37.1 Å². The molecule has 0 spiro atoms. The van der Waals surface area contributed by atoms with Crippen molar-refractivity contribution in [2.45, 2.75) is 0 Å². The SMILES string of the molecule is COc1nc(Nc2cc(Cl)c(Cl)cc2Cl)ncc1Br. The van der Waals surface area contributed by atoms with Crippen molar-refractivity contribution in [3.8, 4) is 5.88 Å². The Labute approximate surface area is 133 Å². The highest BCUT2D eigenvalue weighted by molar-refractivity contribution is 9.10. The molecule has 8 heteroatoms. The Kier molecular flexibility index (Phi) is 4.73. The zero-order valence-electron chi connectivity index (χ0n) is 9.55. The monoisotopic (exact) mass is 381 g/mol. The minimum Gasteiger partial charge on any atom is -0.480 e. The van der Waals surface area contributed by atoms with Gasteiger partial charge in [-0.2, -0.15) is 4.98 Å². The van der Waals surface area contributed by atoms with Crippen LogP contribution in [0.15, 0.2) is 22.8 Å². The summed E-state index contributed by atoms with van der Waals surface area (Å²) in [7, 11) is 1.52. The van der Waals surface area contributed by atoms with Gasteiger partial charge in [0, 0.05) is 0 Å². The van der Waals surface area contributed by atoms with Crippen molar-refractivity contribution in [3.63, 3.8) is 0 Å². The lowest BCUT2D eigenvalue weighted by atomic mass is 10.3. The predicted octanol–water partition coefficient (Wildman–Crippen LogP) is 4.95. The van der Waals surface area contributed by atoms with Crippen molar-refractivity contribution >= 4 is 62.4 Å². The van der Waals surface area contributed by atoms with Crippen LogP contribution in [0.25, 0.3) is 0 Å². The van der Waals surface area contributed by atoms with Crippen molar-refractivity contribution in [3.05, 3.63) is 37.9 Å². The van der Waals surface area contributed by atoms with Gasteiger partial charge in [-0.15, -0.1) is 0 Å². The largest absolute Gasteiger partial charge is 0.480 e. The highest BCUT2D eigenvalue weighted by Crippen LogP contribution is 2.33. The molecule has 0 bridgehead atoms. The molecule has 0 aliphatic rings. The van der Waals surface area contributed by atoms with Crippen molar-refractivity contribution in [1.29, 1.82) is 0 Å². The average Bonchev–Trinajstić information content (AvgIpc) is 2.38. The fraction of sp³-hybridized carbons (Fsp3) is 0.0909. The number of benzene rings is 1. The Balaban J connectivity index is 2.33. The molecular formula is C11H7BrCl3N3O. The summed E-state index contributed by atoms with van der Waals surface area (Å²) in [6, 6.07) is 3.15. The van der Waals surface area contributed by atoms with Gasteiger partial charge in [-0.3, -0.25) is 0 Å². The number of nitrogens with zero attached hydrogens (tertiary/aromatic N) is 2. The van der Waals surface area contributed by atoms with Gasteiger partial charge in [-0.05, 0) is 28.1 Å². The molecule has 4 nitrogen and oxygen atoms in total. The van der Waals surface area contributed by atoms with E-state index < -0.39 is 0 Å². The van der Waals surface area contributed by atoms with Crippen LogP contribution >= 0.6 is 50.7 Å². The smallest absolute Gasteiger partial charge is 0.232 e. The number of rotatable bonds is 3. The summed E-state index contributed by atoms with van der Waals surface area (Å²) in [5.74, 6) is 0.744. The minimum absolute atomic E-state index is 0.334. The Morgan fingerprint density at radius 1 is 1.16 bits per heavy atom. The number of aromatic nitrogens is 2. The quantitative estimate of drug-likeness (QED) is 0.762. The summed E-state index contributed by atoms with van der Waals surface area (Å²) in [5.41, 5.74) is 0.556. The number of methoxy groups -OCH3 is 1. The molecule has 0 unspecified atom stereocenters. The molecule has 0 atom stereocenters. The first-order valence-electron chi connectivity index (χ1n) is 4.99. The first-order chi connectivity index (χ1) is 9.01. The van der Waals surface area contributed by atoms with Crippen LogP contribution in [-0.2, 0) is 0 Å². The third kappa shape index (κ3) is 3.42. The number of ether oxygens (including phenoxy) is 1. The van der Waals surface area contributed by atoms with Crippen LogP contribution in [0.5, 0.6) is 5.88 Å². The zero-order chi connectivity index (χ0) is 14.0. The molecule has 0 aliphatic carbocycles. The lowest BCUT2D eigenvalue weighted by Gasteiger charge is -2.09. The summed E-state index contributed by atoms with van der Waals surface area (Å²) >= 11 is 21.1. The molecule has 0 amide bonds. The maximum atomic E-state index is 6.05. The molecule has 1 heterocycles. The van der Waals surface area contributed by atoms with Gasteiger partial charge in [0.25, 0.3) is 0 Å². The summed E-state index contributed by atoms with van der Waals surface area (Å²) in [5, 5.41) is 4.13. The van der Waals surface area contributed by atoms with Crippen LogP contribution in [-0.4, -0.2) is 17.1 Å². The van der Waals surface area contributed by atoms with E-state index in [1.54, 1.807) is 18.3 Å². The van der Waals surface area contributed by atoms with Gasteiger partial charge >= 0.3 is 0 Å². The van der Waals surface area contributed by atoms with Crippen molar-refractivity contribution < 1.29 is 4.74 Å². The number of hydrogen-bond donors (Lipinski definition) is 1. The Morgan fingerprint density at radius 3 is 2.53 bits per heavy atom. The average molecular weight is 383 g/mol. The Morgan fingerprint density at radius 2 is 1.84 bits per heavy atom. The van der Waals surface area contributed by atoms with E-state index in [4.69, 9.17) is 39.5 Å². The summed E-state index contributed by atoms with van der Waals surface area (Å²) in [4.78, 5) is 8.24. The molecular weight excluding hydrogens is 376 g/mol. The van der Waals surface area contributed by atoms with E-state index in [0.717, 1.165) is 0 Å². The second-order valence-electron chi connectivity index (χ2n) is 3.42. The molecule has 1 N–H and O–H groups in total. The van der Waals surface area contributed by atoms with Gasteiger partial charge in [-0.25, -0.2) is 4.98 Å². The third-order valence-corrected chi connectivity index (χ3v) is 3.74. The van der Waals surface area contributed by atoms with Crippen molar-refractivity contribution in [1.82, 2.24) is 9.97 Å². The van der Waals surface area contributed by atoms with Gasteiger partial charge < -0.3 is 10.1 Å². The predicted molar refractivity (Wildman–Crippen MR) is 81.0 cm³/mol. The number of nitrogens with one attached hydrogen (secondary N) is 1. The van der Waals surface area contributed by atoms with Crippen LogP contribution in [0, 0.1) is 0 Å². The summed E-state index contributed by atoms with van der Waals surface area (Å²) < 4.78 is 5.73. The molecule has 1 aromatic carbocycles. The van der Waals surface area contributed by atoms with Crippen LogP contribution in [0.3, 0.4) is 0 Å². The first-order valence-corrected chi connectivity index (χ1v) is 6.92. The number of halogens is 4. The number of anilines is 2. The highest BCUT2D eigenvalue weighted by Gasteiger charge is 2.09. The molecule has 1 aromatic heterocycles. The van der Waals surface area contributed by atoms with Crippen LogP contribution in [0.2, 0.25) is 15.1 Å². The maximum Gasteiger partial charge on any atom is 0.232 e. The molecule has 0 radical (unpaired) electrons. The van der Waals surface area contributed by atoms with Crippen LogP contribution in [0.1, 0.15) is 0 Å². The van der Waals surface area contributed by atoms with Gasteiger partial charge in [0.15, 0.2) is 0 Å². The fourth-order valence-corrected chi connectivity index (χ4v) is 2.24. The highest BCUT2D eigenvalue weighted by atomic mass is 79.9. The Bertz CT molecular complexity index is 624. The second kappa shape index (κ2) is 6.13. The zero-order valence-corrected chi connectivity index (χ0v) is 13.4. The van der Waals surface area contributed by atoms with Crippen LogP contribution in [0.4, 0.5) is 11.6 Å². The Hall–Kier alpha value is -0.750. The standard InChI is InChI=1S/C11H7BrCl3N3O/c1-19-10-5(12)4-16-11(18-10)17-9-3-7(14)6(13)2-8(9)15/h2-4H,1H3,(H,16,17,18). The number of hydrogen-bond acceptors (Lipinski definition) is 4. The molecule has 0 saturated carbocycles. The van der Waals surface area contributed by atoms with E-state index in [1.807, 2.05) is 0 Å². The van der Waals surface area contributed by atoms with E-state index >= 15 is 0 Å². The topological polar surface area (TPSA) is 47.0 Å². The molecule has 100 valence electrons. The molecule has 0 fully saturated rings. The molecule has 0 saturated heterocycles. The normalized spacial score (nSPS) is 10.4. The van der Waals surface area contributed by atoms with Gasteiger partial charge in [-0.1, -0.05) is 34.8 Å². The molecule has 0 aliphatic heterocycles. The van der Waals surface area contributed by atoms with E-state index in [1.165, 1.54) is 7.11 Å². The van der Waals surface area contributed by atoms with Gasteiger partial charge in [0.1, 0.15) is 0 Å². The first kappa shape index (κ1) is 14.7. The maximum absolute atomic E-state index is 6.05. The van der Waals surface area contributed by atoms with E-state index in [9.17, 15) is 0 Å². The lowest BCUT2D eigenvalue weighted by Crippen LogP contribution is -2.00. The van der Waals surface area contributed by atoms with Crippen molar-refractivity contribution in [2.24, 2.45) is 0 Å². The third-order valence-electron chi connectivity index (χ3n) is 2.16. The van der Waals surface area contributed by atoms with E-state index in [2.05, 4.69) is 31.2 Å². The van der Waals surface area contributed by atoms with Gasteiger partial charge in [0.2, 0.25) is 11.8 Å². The van der Waals surface area contributed by atoms with Crippen LogP contribution < -0.4 is 10.1 Å². The summed E-state index contributed by atoms with van der Waals surface area (Å²) in [6.07, 6.45) is 1.57. The van der Waals surface area contributed by atoms with E-state index in [-0.39, 0.29) is 0 Å².